The molecular formula is C11H12N2. The SMILES string of the molecule is Cc1ccc(CC2C=NN=C2)cc1. The second-order valence-corrected chi connectivity index (χ2v) is 3.38. The van der Waals surface area contributed by atoms with Crippen LogP contribution in [0.25, 0.3) is 0 Å². The van der Waals surface area contributed by atoms with Crippen LogP contribution in [-0.2, 0) is 6.42 Å². The number of benzene rings is 1. The van der Waals surface area contributed by atoms with Crippen LogP contribution in [-0.4, -0.2) is 12.4 Å². The van der Waals surface area contributed by atoms with Crippen molar-refractivity contribution in [3.63, 3.8) is 0 Å². The van der Waals surface area contributed by atoms with Crippen LogP contribution in [0.2, 0.25) is 0 Å². The first-order valence-corrected chi connectivity index (χ1v) is 4.47. The second-order valence-electron chi connectivity index (χ2n) is 3.38. The number of hydrogen-bond donors (Lipinski definition) is 0. The highest BCUT2D eigenvalue weighted by Crippen LogP contribution is 2.09. The summed E-state index contributed by atoms with van der Waals surface area (Å²) < 4.78 is 0. The Morgan fingerprint density at radius 1 is 1.08 bits per heavy atom. The Balaban J connectivity index is 2.05. The van der Waals surface area contributed by atoms with E-state index in [4.69, 9.17) is 0 Å². The fourth-order valence-electron chi connectivity index (χ4n) is 1.39. The summed E-state index contributed by atoms with van der Waals surface area (Å²) in [6.45, 7) is 2.10. The van der Waals surface area contributed by atoms with Crippen molar-refractivity contribution in [2.45, 2.75) is 13.3 Å². The van der Waals surface area contributed by atoms with Gasteiger partial charge in [-0.25, -0.2) is 0 Å². The number of hydrogen-bond acceptors (Lipinski definition) is 2. The molecule has 0 spiro atoms. The third-order valence-corrected chi connectivity index (χ3v) is 2.17. The molecular weight excluding hydrogens is 160 g/mol. The van der Waals surface area contributed by atoms with Gasteiger partial charge in [0.05, 0.1) is 0 Å². The van der Waals surface area contributed by atoms with Crippen molar-refractivity contribution in [2.75, 3.05) is 0 Å². The fourth-order valence-corrected chi connectivity index (χ4v) is 1.39. The Morgan fingerprint density at radius 2 is 1.69 bits per heavy atom. The molecule has 0 saturated carbocycles. The van der Waals surface area contributed by atoms with E-state index in [1.165, 1.54) is 11.1 Å². The van der Waals surface area contributed by atoms with Crippen LogP contribution >= 0.6 is 0 Å². The summed E-state index contributed by atoms with van der Waals surface area (Å²) in [7, 11) is 0. The first kappa shape index (κ1) is 8.17. The zero-order chi connectivity index (χ0) is 9.10. The van der Waals surface area contributed by atoms with Crippen LogP contribution in [0, 0.1) is 12.8 Å². The van der Waals surface area contributed by atoms with Gasteiger partial charge in [-0.15, -0.1) is 0 Å². The lowest BCUT2D eigenvalue weighted by molar-refractivity contribution is 0.941. The molecule has 0 atom stereocenters. The van der Waals surface area contributed by atoms with Gasteiger partial charge < -0.3 is 0 Å². The molecule has 0 N–H and O–H groups in total. The highest BCUT2D eigenvalue weighted by Gasteiger charge is 2.06. The summed E-state index contributed by atoms with van der Waals surface area (Å²) in [5, 5.41) is 7.65. The van der Waals surface area contributed by atoms with E-state index < -0.39 is 0 Å². The molecule has 1 aromatic rings. The van der Waals surface area contributed by atoms with Crippen molar-refractivity contribution in [1.82, 2.24) is 0 Å². The molecule has 1 aliphatic rings. The van der Waals surface area contributed by atoms with E-state index in [9.17, 15) is 0 Å². The maximum absolute atomic E-state index is 3.82. The normalized spacial score (nSPS) is 15.5. The first-order chi connectivity index (χ1) is 6.34. The lowest BCUT2D eigenvalue weighted by Gasteiger charge is -2.03. The highest BCUT2D eigenvalue weighted by atomic mass is 15.2. The Kier molecular flexibility index (Phi) is 2.21. The van der Waals surface area contributed by atoms with Gasteiger partial charge in [-0.3, -0.25) is 0 Å². The standard InChI is InChI=1S/C11H12N2/c1-9-2-4-10(5-3-9)6-11-7-12-13-8-11/h2-5,7-8,11H,6H2,1H3. The molecule has 2 rings (SSSR count). The van der Waals surface area contributed by atoms with E-state index in [0.717, 1.165) is 6.42 Å². The van der Waals surface area contributed by atoms with Crippen molar-refractivity contribution in [2.24, 2.45) is 16.1 Å². The molecule has 0 fully saturated rings. The van der Waals surface area contributed by atoms with Gasteiger partial charge in [-0.1, -0.05) is 29.8 Å². The molecule has 1 heterocycles. The minimum absolute atomic E-state index is 0.391. The van der Waals surface area contributed by atoms with Crippen molar-refractivity contribution in [1.29, 1.82) is 0 Å². The van der Waals surface area contributed by atoms with E-state index in [0.29, 0.717) is 5.92 Å². The topological polar surface area (TPSA) is 24.7 Å². The van der Waals surface area contributed by atoms with E-state index in [2.05, 4.69) is 41.4 Å². The molecule has 66 valence electrons. The predicted molar refractivity (Wildman–Crippen MR) is 55.4 cm³/mol. The Morgan fingerprint density at radius 3 is 2.31 bits per heavy atom. The molecule has 0 aliphatic carbocycles. The van der Waals surface area contributed by atoms with Gasteiger partial charge in [0.25, 0.3) is 0 Å². The minimum atomic E-state index is 0.391. The summed E-state index contributed by atoms with van der Waals surface area (Å²) in [5.41, 5.74) is 2.65. The molecule has 0 radical (unpaired) electrons. The molecule has 0 aromatic heterocycles. The minimum Gasteiger partial charge on any atom is -0.163 e. The van der Waals surface area contributed by atoms with Gasteiger partial charge in [0.15, 0.2) is 0 Å². The van der Waals surface area contributed by atoms with Gasteiger partial charge >= 0.3 is 0 Å². The summed E-state index contributed by atoms with van der Waals surface area (Å²) in [6, 6.07) is 8.60. The summed E-state index contributed by atoms with van der Waals surface area (Å²) in [4.78, 5) is 0. The molecule has 0 unspecified atom stereocenters. The maximum Gasteiger partial charge on any atom is 0.0374 e. The van der Waals surface area contributed by atoms with Gasteiger partial charge in [-0.2, -0.15) is 10.2 Å². The molecule has 2 heteroatoms. The van der Waals surface area contributed by atoms with Gasteiger partial charge in [-0.05, 0) is 18.9 Å². The third-order valence-electron chi connectivity index (χ3n) is 2.17. The van der Waals surface area contributed by atoms with Crippen LogP contribution in [0.5, 0.6) is 0 Å². The quantitative estimate of drug-likeness (QED) is 0.653. The predicted octanol–water partition coefficient (Wildman–Crippen LogP) is 2.22. The maximum atomic E-state index is 3.82. The Bertz CT molecular complexity index is 324. The van der Waals surface area contributed by atoms with Crippen LogP contribution in [0.15, 0.2) is 34.5 Å². The van der Waals surface area contributed by atoms with Crippen LogP contribution < -0.4 is 0 Å². The summed E-state index contributed by atoms with van der Waals surface area (Å²) in [6.07, 6.45) is 4.78. The molecule has 0 amide bonds. The lowest BCUT2D eigenvalue weighted by atomic mass is 10.0. The van der Waals surface area contributed by atoms with E-state index >= 15 is 0 Å². The first-order valence-electron chi connectivity index (χ1n) is 4.47. The van der Waals surface area contributed by atoms with Crippen LogP contribution in [0.3, 0.4) is 0 Å². The molecule has 1 aliphatic heterocycles. The van der Waals surface area contributed by atoms with E-state index in [1.807, 2.05) is 12.4 Å². The van der Waals surface area contributed by atoms with Gasteiger partial charge in [0.1, 0.15) is 0 Å². The average Bonchev–Trinajstić information content (AvgIpc) is 2.62. The number of aryl methyl sites for hydroxylation is 1. The van der Waals surface area contributed by atoms with Crippen molar-refractivity contribution >= 4 is 12.4 Å². The van der Waals surface area contributed by atoms with Crippen molar-refractivity contribution in [3.05, 3.63) is 35.4 Å². The van der Waals surface area contributed by atoms with E-state index in [1.54, 1.807) is 0 Å². The van der Waals surface area contributed by atoms with Gasteiger partial charge in [0, 0.05) is 18.3 Å². The third kappa shape index (κ3) is 2.02. The molecule has 1 aromatic carbocycles. The van der Waals surface area contributed by atoms with Crippen LogP contribution in [0.1, 0.15) is 11.1 Å². The second kappa shape index (κ2) is 3.52. The summed E-state index contributed by atoms with van der Waals surface area (Å²) in [5.74, 6) is 0.391. The largest absolute Gasteiger partial charge is 0.163 e. The highest BCUT2D eigenvalue weighted by molar-refractivity contribution is 5.87. The lowest BCUT2D eigenvalue weighted by Crippen LogP contribution is -2.03. The molecule has 2 nitrogen and oxygen atoms in total. The summed E-state index contributed by atoms with van der Waals surface area (Å²) >= 11 is 0. The Hall–Kier alpha value is -1.44. The van der Waals surface area contributed by atoms with Crippen molar-refractivity contribution < 1.29 is 0 Å². The molecule has 0 bridgehead atoms. The average molecular weight is 172 g/mol. The zero-order valence-electron chi connectivity index (χ0n) is 7.64. The molecule has 0 saturated heterocycles. The van der Waals surface area contributed by atoms with Crippen LogP contribution in [0.4, 0.5) is 0 Å². The monoisotopic (exact) mass is 172 g/mol. The zero-order valence-corrected chi connectivity index (χ0v) is 7.64. The smallest absolute Gasteiger partial charge is 0.0374 e. The van der Waals surface area contributed by atoms with E-state index in [-0.39, 0.29) is 0 Å². The van der Waals surface area contributed by atoms with Crippen molar-refractivity contribution in [3.8, 4) is 0 Å². The molecule has 13 heavy (non-hydrogen) atoms. The fraction of sp³-hybridized carbons (Fsp3) is 0.273. The number of rotatable bonds is 2. The Labute approximate surface area is 78.0 Å². The van der Waals surface area contributed by atoms with Gasteiger partial charge in [0.2, 0.25) is 0 Å². The number of nitrogens with zero attached hydrogens (tertiary/aromatic N) is 2.